The molecule has 0 radical (unpaired) electrons. The van der Waals surface area contributed by atoms with Crippen LogP contribution in [0.25, 0.3) is 0 Å². The summed E-state index contributed by atoms with van der Waals surface area (Å²) in [5, 5.41) is 2.71. The minimum absolute atomic E-state index is 0.210. The van der Waals surface area contributed by atoms with Gasteiger partial charge < -0.3 is 14.8 Å². The SMILES string of the molecule is CCOC(=O)CCCC(NC(=O)CCc1ccccc1)C(=O)OCC. The second-order valence-corrected chi connectivity index (χ2v) is 5.55. The van der Waals surface area contributed by atoms with Gasteiger partial charge in [0, 0.05) is 12.8 Å². The molecule has 0 aromatic heterocycles. The number of hydrogen-bond acceptors (Lipinski definition) is 5. The van der Waals surface area contributed by atoms with Crippen molar-refractivity contribution in [1.82, 2.24) is 5.32 Å². The highest BCUT2D eigenvalue weighted by molar-refractivity contribution is 5.84. The van der Waals surface area contributed by atoms with Crippen LogP contribution < -0.4 is 5.32 Å². The fraction of sp³-hybridized carbons (Fsp3) is 0.526. The van der Waals surface area contributed by atoms with Crippen molar-refractivity contribution < 1.29 is 23.9 Å². The summed E-state index contributed by atoms with van der Waals surface area (Å²) in [6.07, 6.45) is 1.89. The van der Waals surface area contributed by atoms with Crippen molar-refractivity contribution in [3.05, 3.63) is 35.9 Å². The topological polar surface area (TPSA) is 81.7 Å². The first-order chi connectivity index (χ1) is 12.1. The van der Waals surface area contributed by atoms with Crippen LogP contribution in [0.5, 0.6) is 0 Å². The predicted octanol–water partition coefficient (Wildman–Crippen LogP) is 2.40. The smallest absolute Gasteiger partial charge is 0.328 e. The lowest BCUT2D eigenvalue weighted by molar-refractivity contribution is -0.148. The first kappa shape index (κ1) is 20.7. The molecule has 0 heterocycles. The summed E-state index contributed by atoms with van der Waals surface area (Å²) in [6.45, 7) is 4.03. The lowest BCUT2D eigenvalue weighted by Gasteiger charge is -2.17. The van der Waals surface area contributed by atoms with Crippen molar-refractivity contribution >= 4 is 17.8 Å². The van der Waals surface area contributed by atoms with Gasteiger partial charge in [0.1, 0.15) is 6.04 Å². The summed E-state index contributed by atoms with van der Waals surface area (Å²) in [7, 11) is 0. The number of hydrogen-bond donors (Lipinski definition) is 1. The number of carbonyl (C=O) groups is 3. The lowest BCUT2D eigenvalue weighted by Crippen LogP contribution is -2.42. The van der Waals surface area contributed by atoms with Crippen LogP contribution in [-0.4, -0.2) is 37.1 Å². The van der Waals surface area contributed by atoms with Crippen LogP contribution >= 0.6 is 0 Å². The molecule has 1 N–H and O–H groups in total. The van der Waals surface area contributed by atoms with Gasteiger partial charge in [0.2, 0.25) is 5.91 Å². The zero-order chi connectivity index (χ0) is 18.5. The number of nitrogens with one attached hydrogen (secondary N) is 1. The maximum atomic E-state index is 12.1. The predicted molar refractivity (Wildman–Crippen MR) is 93.8 cm³/mol. The first-order valence-corrected chi connectivity index (χ1v) is 8.72. The van der Waals surface area contributed by atoms with Crippen LogP contribution in [-0.2, 0) is 30.3 Å². The monoisotopic (exact) mass is 349 g/mol. The van der Waals surface area contributed by atoms with Crippen LogP contribution in [0.3, 0.4) is 0 Å². The maximum Gasteiger partial charge on any atom is 0.328 e. The lowest BCUT2D eigenvalue weighted by atomic mass is 10.1. The fourth-order valence-electron chi connectivity index (χ4n) is 2.34. The molecule has 1 amide bonds. The molecular formula is C19H27NO5. The number of ether oxygens (including phenoxy) is 2. The summed E-state index contributed by atoms with van der Waals surface area (Å²) < 4.78 is 9.86. The van der Waals surface area contributed by atoms with Crippen molar-refractivity contribution in [2.24, 2.45) is 0 Å². The molecule has 1 aromatic rings. The van der Waals surface area contributed by atoms with E-state index in [0.29, 0.717) is 25.9 Å². The van der Waals surface area contributed by atoms with Gasteiger partial charge in [-0.25, -0.2) is 4.79 Å². The molecular weight excluding hydrogens is 322 g/mol. The maximum absolute atomic E-state index is 12.1. The quantitative estimate of drug-likeness (QED) is 0.620. The third-order valence-electron chi connectivity index (χ3n) is 3.57. The van der Waals surface area contributed by atoms with Gasteiger partial charge in [-0.1, -0.05) is 30.3 Å². The third-order valence-corrected chi connectivity index (χ3v) is 3.57. The third kappa shape index (κ3) is 8.88. The molecule has 6 heteroatoms. The number of benzene rings is 1. The second kappa shape index (κ2) is 12.1. The number of esters is 2. The Labute approximate surface area is 148 Å². The molecule has 0 aliphatic heterocycles. The second-order valence-electron chi connectivity index (χ2n) is 5.55. The van der Waals surface area contributed by atoms with Crippen LogP contribution in [0.15, 0.2) is 30.3 Å². The van der Waals surface area contributed by atoms with Crippen molar-refractivity contribution in [1.29, 1.82) is 0 Å². The summed E-state index contributed by atoms with van der Waals surface area (Å²) in [6, 6.07) is 8.93. The van der Waals surface area contributed by atoms with Gasteiger partial charge in [-0.2, -0.15) is 0 Å². The number of aryl methyl sites for hydroxylation is 1. The van der Waals surface area contributed by atoms with E-state index in [1.165, 1.54) is 0 Å². The Balaban J connectivity index is 2.47. The van der Waals surface area contributed by atoms with Crippen LogP contribution in [0.4, 0.5) is 0 Å². The normalized spacial score (nSPS) is 11.4. The summed E-state index contributed by atoms with van der Waals surface area (Å²) in [4.78, 5) is 35.5. The molecule has 0 aliphatic carbocycles. The molecule has 1 unspecified atom stereocenters. The van der Waals surface area contributed by atoms with Gasteiger partial charge in [-0.15, -0.1) is 0 Å². The Kier molecular flexibility index (Phi) is 9.97. The van der Waals surface area contributed by atoms with Crippen molar-refractivity contribution in [2.45, 2.75) is 52.0 Å². The molecule has 0 fully saturated rings. The highest BCUT2D eigenvalue weighted by Crippen LogP contribution is 2.07. The summed E-state index contributed by atoms with van der Waals surface area (Å²) in [5.41, 5.74) is 1.06. The Hall–Kier alpha value is -2.37. The summed E-state index contributed by atoms with van der Waals surface area (Å²) >= 11 is 0. The van der Waals surface area contributed by atoms with Gasteiger partial charge in [0.05, 0.1) is 13.2 Å². The number of rotatable bonds is 11. The van der Waals surface area contributed by atoms with E-state index in [9.17, 15) is 14.4 Å². The molecule has 138 valence electrons. The Bertz CT molecular complexity index is 544. The minimum atomic E-state index is -0.738. The Morgan fingerprint density at radius 1 is 1.00 bits per heavy atom. The summed E-state index contributed by atoms with van der Waals surface area (Å²) in [5.74, 6) is -0.988. The molecule has 0 aliphatic rings. The van der Waals surface area contributed by atoms with Gasteiger partial charge in [0.15, 0.2) is 0 Å². The highest BCUT2D eigenvalue weighted by atomic mass is 16.5. The molecule has 6 nitrogen and oxygen atoms in total. The van der Waals surface area contributed by atoms with Crippen molar-refractivity contribution in [3.8, 4) is 0 Å². The van der Waals surface area contributed by atoms with Gasteiger partial charge >= 0.3 is 11.9 Å². The number of carbonyl (C=O) groups excluding carboxylic acids is 3. The average molecular weight is 349 g/mol. The van der Waals surface area contributed by atoms with Gasteiger partial charge in [0.25, 0.3) is 0 Å². The van der Waals surface area contributed by atoms with Crippen LogP contribution in [0.1, 0.15) is 45.1 Å². The zero-order valence-electron chi connectivity index (χ0n) is 15.0. The van der Waals surface area contributed by atoms with Gasteiger partial charge in [-0.05, 0) is 38.7 Å². The van der Waals surface area contributed by atoms with E-state index < -0.39 is 12.0 Å². The average Bonchev–Trinajstić information content (AvgIpc) is 2.60. The fourth-order valence-corrected chi connectivity index (χ4v) is 2.34. The van der Waals surface area contributed by atoms with Gasteiger partial charge in [-0.3, -0.25) is 9.59 Å². The zero-order valence-corrected chi connectivity index (χ0v) is 15.0. The molecule has 0 bridgehead atoms. The van der Waals surface area contributed by atoms with E-state index in [-0.39, 0.29) is 31.3 Å². The molecule has 1 rings (SSSR count). The van der Waals surface area contributed by atoms with Crippen LogP contribution in [0, 0.1) is 0 Å². The van der Waals surface area contributed by atoms with E-state index in [0.717, 1.165) is 5.56 Å². The van der Waals surface area contributed by atoms with E-state index >= 15 is 0 Å². The standard InChI is InChI=1S/C19H27NO5/c1-3-24-18(22)12-8-11-16(19(23)25-4-2)20-17(21)14-13-15-9-6-5-7-10-15/h5-7,9-10,16H,3-4,8,11-14H2,1-2H3,(H,20,21). The van der Waals surface area contributed by atoms with E-state index in [1.807, 2.05) is 30.3 Å². The van der Waals surface area contributed by atoms with E-state index in [1.54, 1.807) is 13.8 Å². The van der Waals surface area contributed by atoms with Crippen molar-refractivity contribution in [2.75, 3.05) is 13.2 Å². The van der Waals surface area contributed by atoms with Crippen LogP contribution in [0.2, 0.25) is 0 Å². The molecule has 0 spiro atoms. The minimum Gasteiger partial charge on any atom is -0.466 e. The first-order valence-electron chi connectivity index (χ1n) is 8.72. The Morgan fingerprint density at radius 2 is 1.68 bits per heavy atom. The molecule has 0 saturated heterocycles. The Morgan fingerprint density at radius 3 is 2.32 bits per heavy atom. The van der Waals surface area contributed by atoms with E-state index in [2.05, 4.69) is 5.32 Å². The number of amides is 1. The molecule has 0 saturated carbocycles. The van der Waals surface area contributed by atoms with Crippen molar-refractivity contribution in [3.63, 3.8) is 0 Å². The van der Waals surface area contributed by atoms with E-state index in [4.69, 9.17) is 9.47 Å². The highest BCUT2D eigenvalue weighted by Gasteiger charge is 2.22. The largest absolute Gasteiger partial charge is 0.466 e. The molecule has 25 heavy (non-hydrogen) atoms. The molecule has 1 atom stereocenters. The molecule has 1 aromatic carbocycles.